The molecular formula is C48H69FN2O15S. The number of aliphatic hydroxyl groups is 2. The fourth-order valence-corrected chi connectivity index (χ4v) is 11.5. The van der Waals surface area contributed by atoms with E-state index < -0.39 is 122 Å². The summed E-state index contributed by atoms with van der Waals surface area (Å²) >= 11 is 0. The molecule has 1 aromatic rings. The number of aliphatic hydroxyl groups excluding tert-OH is 1. The Balaban J connectivity index is 1.46. The third kappa shape index (κ3) is 12.4. The van der Waals surface area contributed by atoms with Crippen LogP contribution in [-0.2, 0) is 52.4 Å². The second kappa shape index (κ2) is 23.1. The van der Waals surface area contributed by atoms with E-state index in [1.807, 2.05) is 19.9 Å². The number of Topliss-reactive ketones (excluding diaryl/α,β-unsaturated/α-hetero) is 2. The van der Waals surface area contributed by atoms with E-state index in [2.05, 4.69) is 0 Å². The number of ether oxygens (including phenoxy) is 4. The molecule has 0 spiro atoms. The van der Waals surface area contributed by atoms with Crippen LogP contribution in [0.2, 0.25) is 0 Å². The highest BCUT2D eigenvalue weighted by atomic mass is 32.2. The summed E-state index contributed by atoms with van der Waals surface area (Å²) < 4.78 is 72.0. The summed E-state index contributed by atoms with van der Waals surface area (Å²) in [6.07, 6.45) is -1.71. The number of amides is 1. The van der Waals surface area contributed by atoms with Gasteiger partial charge in [0.25, 0.3) is 17.4 Å². The maximum Gasteiger partial charge on any atom is 0.329 e. The number of ketones is 2. The summed E-state index contributed by atoms with van der Waals surface area (Å²) in [5.41, 5.74) is 0.249. The van der Waals surface area contributed by atoms with Gasteiger partial charge in [0.15, 0.2) is 4.90 Å². The van der Waals surface area contributed by atoms with Gasteiger partial charge >= 0.3 is 16.1 Å². The summed E-state index contributed by atoms with van der Waals surface area (Å²) in [7, 11) is -1.79. The van der Waals surface area contributed by atoms with Crippen molar-refractivity contribution in [3.05, 3.63) is 57.7 Å². The van der Waals surface area contributed by atoms with Crippen molar-refractivity contribution >= 4 is 39.2 Å². The highest BCUT2D eigenvalue weighted by Gasteiger charge is 2.57. The van der Waals surface area contributed by atoms with Crippen molar-refractivity contribution in [2.24, 2.45) is 29.6 Å². The molecule has 4 aliphatic rings. The van der Waals surface area contributed by atoms with E-state index in [4.69, 9.17) is 23.1 Å². The van der Waals surface area contributed by atoms with Gasteiger partial charge in [-0.2, -0.15) is 8.42 Å². The van der Waals surface area contributed by atoms with Crippen molar-refractivity contribution in [1.29, 1.82) is 0 Å². The quantitative estimate of drug-likeness (QED) is 0.0709. The lowest BCUT2D eigenvalue weighted by Gasteiger charge is -2.47. The van der Waals surface area contributed by atoms with Crippen LogP contribution in [0.25, 0.3) is 0 Å². The highest BCUT2D eigenvalue weighted by molar-refractivity contribution is 7.87. The number of carbonyl (C=O) groups excluding carboxylic acids is 4. The number of hydrogen-bond donors (Lipinski definition) is 2. The molecule has 1 amide bonds. The molecule has 0 aromatic heterocycles. The molecule has 1 aliphatic carbocycles. The molecule has 374 valence electrons. The zero-order valence-electron chi connectivity index (χ0n) is 39.8. The van der Waals surface area contributed by atoms with E-state index in [-0.39, 0.29) is 63.2 Å². The smallest absolute Gasteiger partial charge is 0.329 e. The predicted molar refractivity (Wildman–Crippen MR) is 241 cm³/mol. The Labute approximate surface area is 393 Å². The van der Waals surface area contributed by atoms with Gasteiger partial charge in [0.05, 0.1) is 23.2 Å². The first-order valence-electron chi connectivity index (χ1n) is 23.5. The Morgan fingerprint density at radius 2 is 1.66 bits per heavy atom. The molecule has 14 unspecified atom stereocenters. The second-order valence-electron chi connectivity index (χ2n) is 19.0. The lowest BCUT2D eigenvalue weighted by atomic mass is 9.81. The number of alkyl halides is 1. The van der Waals surface area contributed by atoms with Crippen LogP contribution in [0.5, 0.6) is 0 Å². The zero-order chi connectivity index (χ0) is 49.5. The average molecular weight is 965 g/mol. The van der Waals surface area contributed by atoms with Crippen LogP contribution in [-0.4, -0.2) is 127 Å². The third-order valence-electron chi connectivity index (χ3n) is 14.2. The monoisotopic (exact) mass is 964 g/mol. The van der Waals surface area contributed by atoms with Crippen LogP contribution in [0.3, 0.4) is 0 Å². The number of nitrogens with zero attached hydrogens (tertiary/aromatic N) is 2. The van der Waals surface area contributed by atoms with E-state index in [9.17, 15) is 47.9 Å². The summed E-state index contributed by atoms with van der Waals surface area (Å²) in [5, 5.41) is 34.8. The number of hydrogen-bond acceptors (Lipinski definition) is 15. The number of benzene rings is 1. The first-order chi connectivity index (χ1) is 31.6. The van der Waals surface area contributed by atoms with Crippen LogP contribution in [0.4, 0.5) is 10.1 Å². The number of nitro groups is 1. The molecule has 14 atom stereocenters. The Kier molecular flexibility index (Phi) is 18.6. The number of nitro benzene ring substituents is 1. The molecule has 1 aromatic carbocycles. The Morgan fingerprint density at radius 1 is 0.985 bits per heavy atom. The lowest BCUT2D eigenvalue weighted by Crippen LogP contribution is -2.64. The van der Waals surface area contributed by atoms with Crippen LogP contribution < -0.4 is 0 Å². The number of esters is 1. The van der Waals surface area contributed by atoms with Crippen molar-refractivity contribution in [3.8, 4) is 0 Å². The van der Waals surface area contributed by atoms with E-state index in [1.165, 1.54) is 26.4 Å². The second-order valence-corrected chi connectivity index (χ2v) is 20.6. The SMILES string of the molecule is CCC1/C=C(\C)C(F)C(C)CC(OC)C2OC(O)(C(=O)C(=O)N3CCCCC3C(=O)OC(C(C)=CC3CCC(OS(=O)(=O)c4ccccc4[N+](=O)[O-])C(O)C3)C(C)CCC1=O)C(C)CC2OC. The Bertz CT molecular complexity index is 2130. The number of fused-ring (bicyclic) bond motifs is 3. The molecule has 67 heavy (non-hydrogen) atoms. The van der Waals surface area contributed by atoms with Gasteiger partial charge in [-0.05, 0) is 113 Å². The molecule has 3 aliphatic heterocycles. The fourth-order valence-electron chi connectivity index (χ4n) is 10.2. The normalized spacial score (nSPS) is 36.8. The van der Waals surface area contributed by atoms with Gasteiger partial charge in [-0.1, -0.05) is 52.0 Å². The first-order valence-corrected chi connectivity index (χ1v) is 24.9. The Morgan fingerprint density at radius 3 is 2.30 bits per heavy atom. The van der Waals surface area contributed by atoms with E-state index >= 15 is 4.39 Å². The van der Waals surface area contributed by atoms with Gasteiger partial charge in [-0.15, -0.1) is 0 Å². The summed E-state index contributed by atoms with van der Waals surface area (Å²) in [5.74, 6) is -9.04. The van der Waals surface area contributed by atoms with Gasteiger partial charge in [0.2, 0.25) is 5.79 Å². The van der Waals surface area contributed by atoms with Crippen LogP contribution in [0.1, 0.15) is 112 Å². The van der Waals surface area contributed by atoms with Crippen LogP contribution >= 0.6 is 0 Å². The van der Waals surface area contributed by atoms with Gasteiger partial charge in [0.1, 0.15) is 36.3 Å². The highest BCUT2D eigenvalue weighted by Crippen LogP contribution is 2.40. The molecule has 3 fully saturated rings. The van der Waals surface area contributed by atoms with Gasteiger partial charge < -0.3 is 34.1 Å². The maximum absolute atomic E-state index is 16.3. The lowest BCUT2D eigenvalue weighted by molar-refractivity contribution is -0.387. The number of carbonyl (C=O) groups is 4. The molecular weight excluding hydrogens is 896 g/mol. The number of para-hydroxylation sites is 1. The maximum atomic E-state index is 16.3. The first kappa shape index (κ1) is 54.0. The minimum Gasteiger partial charge on any atom is -0.456 e. The number of cyclic esters (lactones) is 1. The largest absolute Gasteiger partial charge is 0.456 e. The number of halogens is 1. The molecule has 0 radical (unpaired) electrons. The topological polar surface area (TPSA) is 235 Å². The van der Waals surface area contributed by atoms with Crippen molar-refractivity contribution in [2.45, 2.75) is 172 Å². The third-order valence-corrected chi connectivity index (χ3v) is 15.6. The molecule has 2 saturated heterocycles. The van der Waals surface area contributed by atoms with Crippen molar-refractivity contribution in [1.82, 2.24) is 4.90 Å². The minimum absolute atomic E-state index is 0.0138. The van der Waals surface area contributed by atoms with E-state index in [0.29, 0.717) is 36.8 Å². The van der Waals surface area contributed by atoms with Crippen LogP contribution in [0.15, 0.2) is 52.5 Å². The van der Waals surface area contributed by atoms with Crippen molar-refractivity contribution in [2.75, 3.05) is 20.8 Å². The number of piperidine rings is 1. The van der Waals surface area contributed by atoms with Gasteiger partial charge in [-0.25, -0.2) is 9.18 Å². The van der Waals surface area contributed by atoms with E-state index in [1.54, 1.807) is 33.8 Å². The van der Waals surface area contributed by atoms with Gasteiger partial charge in [-0.3, -0.25) is 28.7 Å². The summed E-state index contributed by atoms with van der Waals surface area (Å²) in [4.78, 5) is 68.1. The average Bonchev–Trinajstić information content (AvgIpc) is 3.30. The van der Waals surface area contributed by atoms with Crippen LogP contribution in [0, 0.1) is 39.7 Å². The molecule has 2 bridgehead atoms. The van der Waals surface area contributed by atoms with Crippen molar-refractivity contribution < 1.29 is 70.3 Å². The molecule has 19 heteroatoms. The number of rotatable bonds is 9. The van der Waals surface area contributed by atoms with E-state index in [0.717, 1.165) is 17.0 Å². The fraction of sp³-hybridized carbons (Fsp3) is 0.708. The van der Waals surface area contributed by atoms with Crippen molar-refractivity contribution in [3.63, 3.8) is 0 Å². The summed E-state index contributed by atoms with van der Waals surface area (Å²) in [6, 6.07) is 3.55. The molecule has 17 nitrogen and oxygen atoms in total. The molecule has 2 N–H and O–H groups in total. The minimum atomic E-state index is -4.63. The molecule has 3 heterocycles. The predicted octanol–water partition coefficient (Wildman–Crippen LogP) is 6.12. The summed E-state index contributed by atoms with van der Waals surface area (Å²) in [6.45, 7) is 10.3. The zero-order valence-corrected chi connectivity index (χ0v) is 40.7. The molecule has 5 rings (SSSR count). The van der Waals surface area contributed by atoms with Gasteiger partial charge in [0, 0.05) is 45.1 Å². The number of methoxy groups -OCH3 is 2. The standard InChI is InChI=1S/C48H69FN2O15S/c1-9-33-23-28(3)42(49)29(4)24-39(62-7)44-40(63-8)25-31(6)48(57,65-44)45(54)46(55)50-21-13-12-15-35(50)47(56)64-43(27(2)17-19-36(33)52)30(5)22-32-18-20-38(37(53)26-32)66-67(60,61)41-16-11-10-14-34(41)51(58)59/h10-11,14,16,22-23,27,29,31-33,35,37-40,42-44,53,57H,9,12-13,15,17-21,24-26H2,1-8H3/b28-23+,30-22?. The molecule has 1 saturated carbocycles. The number of allylic oxidation sites excluding steroid dienone is 3. The Hall–Kier alpha value is -3.98.